The lowest BCUT2D eigenvalue weighted by Gasteiger charge is -2.22. The summed E-state index contributed by atoms with van der Waals surface area (Å²) in [4.78, 5) is 1.21. The van der Waals surface area contributed by atoms with Gasteiger partial charge in [-0.2, -0.15) is 0 Å². The van der Waals surface area contributed by atoms with E-state index in [0.29, 0.717) is 25.8 Å². The third kappa shape index (κ3) is 5.22. The molecule has 0 aromatic carbocycles. The molecule has 4 heteroatoms. The molecule has 1 aromatic rings. The number of thiophene rings is 1. The van der Waals surface area contributed by atoms with Crippen molar-refractivity contribution < 1.29 is 9.84 Å². The third-order valence-corrected chi connectivity index (χ3v) is 4.77. The topological polar surface area (TPSA) is 41.5 Å². The van der Waals surface area contributed by atoms with Crippen molar-refractivity contribution >= 4 is 11.3 Å². The van der Waals surface area contributed by atoms with Crippen LogP contribution < -0.4 is 5.32 Å². The highest BCUT2D eigenvalue weighted by Crippen LogP contribution is 2.27. The third-order valence-electron chi connectivity index (χ3n) is 3.92. The van der Waals surface area contributed by atoms with E-state index in [2.05, 4.69) is 18.3 Å². The second kappa shape index (κ2) is 8.00. The minimum atomic E-state index is -0.413. The van der Waals surface area contributed by atoms with Gasteiger partial charge < -0.3 is 15.2 Å². The van der Waals surface area contributed by atoms with Crippen molar-refractivity contribution in [1.82, 2.24) is 5.32 Å². The highest BCUT2D eigenvalue weighted by molar-refractivity contribution is 7.09. The highest BCUT2D eigenvalue weighted by atomic mass is 32.1. The van der Waals surface area contributed by atoms with Crippen molar-refractivity contribution in [2.45, 2.75) is 51.4 Å². The van der Waals surface area contributed by atoms with E-state index in [0.717, 1.165) is 5.92 Å². The van der Waals surface area contributed by atoms with Gasteiger partial charge >= 0.3 is 0 Å². The second-order valence-electron chi connectivity index (χ2n) is 5.49. The molecule has 19 heavy (non-hydrogen) atoms. The Balaban J connectivity index is 1.55. The van der Waals surface area contributed by atoms with Crippen LogP contribution in [0.5, 0.6) is 0 Å². The van der Waals surface area contributed by atoms with Gasteiger partial charge in [0.2, 0.25) is 0 Å². The van der Waals surface area contributed by atoms with E-state index in [9.17, 15) is 5.11 Å². The average molecular weight is 283 g/mol. The van der Waals surface area contributed by atoms with Gasteiger partial charge in [0, 0.05) is 17.5 Å². The summed E-state index contributed by atoms with van der Waals surface area (Å²) in [5, 5.41) is 15.4. The van der Waals surface area contributed by atoms with Gasteiger partial charge in [-0.15, -0.1) is 11.3 Å². The molecule has 3 nitrogen and oxygen atoms in total. The molecule has 1 fully saturated rings. The average Bonchev–Trinajstić information content (AvgIpc) is 3.08. The van der Waals surface area contributed by atoms with Crippen LogP contribution in [0.4, 0.5) is 0 Å². The molecular formula is C15H25NO2S. The summed E-state index contributed by atoms with van der Waals surface area (Å²) in [7, 11) is 0. The van der Waals surface area contributed by atoms with Crippen molar-refractivity contribution in [1.29, 1.82) is 0 Å². The molecule has 1 aliphatic carbocycles. The van der Waals surface area contributed by atoms with Crippen molar-refractivity contribution in [3.05, 3.63) is 22.4 Å². The van der Waals surface area contributed by atoms with Gasteiger partial charge in [-0.25, -0.2) is 0 Å². The Kier molecular flexibility index (Phi) is 6.31. The number of rotatable bonds is 8. The largest absolute Gasteiger partial charge is 0.389 e. The number of aliphatic hydroxyl groups is 1. The molecule has 0 bridgehead atoms. The van der Waals surface area contributed by atoms with Crippen LogP contribution in [0.3, 0.4) is 0 Å². The summed E-state index contributed by atoms with van der Waals surface area (Å²) in [6, 6.07) is 4.58. The Labute approximate surface area is 120 Å². The van der Waals surface area contributed by atoms with Crippen LogP contribution in [0.1, 0.15) is 37.5 Å². The first-order chi connectivity index (χ1) is 9.25. The molecule has 2 rings (SSSR count). The fourth-order valence-electron chi connectivity index (χ4n) is 2.70. The molecule has 0 spiro atoms. The molecule has 0 saturated heterocycles. The van der Waals surface area contributed by atoms with Crippen molar-refractivity contribution in [3.8, 4) is 0 Å². The summed E-state index contributed by atoms with van der Waals surface area (Å²) < 4.78 is 5.52. The van der Waals surface area contributed by atoms with Crippen LogP contribution in [0.15, 0.2) is 17.5 Å². The standard InChI is InChI=1S/C15H25NO2S/c1-12(13-5-2-3-6-13)16-9-14(17)10-18-11-15-7-4-8-19-15/h4,7-8,12-14,16-17H,2-3,5-6,9-11H2,1H3/t12-,14?/m1/s1. The minimum absolute atomic E-state index is 0.405. The Morgan fingerprint density at radius 1 is 1.47 bits per heavy atom. The molecule has 0 aliphatic heterocycles. The first-order valence-corrected chi connectivity index (χ1v) is 8.15. The summed E-state index contributed by atoms with van der Waals surface area (Å²) >= 11 is 1.69. The van der Waals surface area contributed by atoms with E-state index < -0.39 is 6.10 Å². The Morgan fingerprint density at radius 2 is 2.26 bits per heavy atom. The van der Waals surface area contributed by atoms with Crippen molar-refractivity contribution in [2.75, 3.05) is 13.2 Å². The molecular weight excluding hydrogens is 258 g/mol. The molecule has 1 unspecified atom stereocenters. The smallest absolute Gasteiger partial charge is 0.0897 e. The SMILES string of the molecule is C[C@@H](NCC(O)COCc1cccs1)C1CCCC1. The summed E-state index contributed by atoms with van der Waals surface area (Å²) in [5.41, 5.74) is 0. The van der Waals surface area contributed by atoms with Crippen LogP contribution in [0.2, 0.25) is 0 Å². The molecule has 0 amide bonds. The van der Waals surface area contributed by atoms with E-state index in [1.165, 1.54) is 30.6 Å². The number of hydrogen-bond donors (Lipinski definition) is 2. The summed E-state index contributed by atoms with van der Waals surface area (Å²) in [5.74, 6) is 0.791. The van der Waals surface area contributed by atoms with Crippen molar-refractivity contribution in [2.24, 2.45) is 5.92 Å². The van der Waals surface area contributed by atoms with Crippen LogP contribution in [0.25, 0.3) is 0 Å². The fourth-order valence-corrected chi connectivity index (χ4v) is 3.34. The van der Waals surface area contributed by atoms with Gasteiger partial charge in [0.15, 0.2) is 0 Å². The van der Waals surface area contributed by atoms with E-state index in [4.69, 9.17) is 4.74 Å². The van der Waals surface area contributed by atoms with Gasteiger partial charge in [0.1, 0.15) is 0 Å². The van der Waals surface area contributed by atoms with Gasteiger partial charge in [-0.3, -0.25) is 0 Å². The van der Waals surface area contributed by atoms with Crippen LogP contribution in [0, 0.1) is 5.92 Å². The first kappa shape index (κ1) is 15.0. The van der Waals surface area contributed by atoms with Gasteiger partial charge in [-0.1, -0.05) is 18.9 Å². The minimum Gasteiger partial charge on any atom is -0.389 e. The van der Waals surface area contributed by atoms with E-state index in [-0.39, 0.29) is 0 Å². The Morgan fingerprint density at radius 3 is 2.95 bits per heavy atom. The molecule has 1 aromatic heterocycles. The van der Waals surface area contributed by atoms with Gasteiger partial charge in [0.25, 0.3) is 0 Å². The lowest BCUT2D eigenvalue weighted by molar-refractivity contribution is 0.0279. The zero-order valence-corrected chi connectivity index (χ0v) is 12.5. The molecule has 2 atom stereocenters. The number of nitrogens with one attached hydrogen (secondary N) is 1. The maximum Gasteiger partial charge on any atom is 0.0897 e. The van der Waals surface area contributed by atoms with Gasteiger partial charge in [0.05, 0.1) is 19.3 Å². The van der Waals surface area contributed by atoms with Crippen molar-refractivity contribution in [3.63, 3.8) is 0 Å². The predicted molar refractivity (Wildman–Crippen MR) is 79.4 cm³/mol. The van der Waals surface area contributed by atoms with Gasteiger partial charge in [-0.05, 0) is 37.1 Å². The fraction of sp³-hybridized carbons (Fsp3) is 0.733. The molecule has 108 valence electrons. The zero-order valence-electron chi connectivity index (χ0n) is 11.7. The Hall–Kier alpha value is -0.420. The zero-order chi connectivity index (χ0) is 13.5. The van der Waals surface area contributed by atoms with E-state index in [1.54, 1.807) is 11.3 Å². The Bertz CT molecular complexity index is 336. The molecule has 1 aliphatic rings. The number of aliphatic hydroxyl groups excluding tert-OH is 1. The molecule has 2 N–H and O–H groups in total. The predicted octanol–water partition coefficient (Wildman–Crippen LogP) is 2.79. The molecule has 1 saturated carbocycles. The summed E-state index contributed by atoms with van der Waals surface area (Å²) in [6.07, 6.45) is 4.98. The molecule has 0 radical (unpaired) electrons. The number of ether oxygens (including phenoxy) is 1. The van der Waals surface area contributed by atoms with Crippen LogP contribution in [-0.4, -0.2) is 30.4 Å². The van der Waals surface area contributed by atoms with Crippen LogP contribution >= 0.6 is 11.3 Å². The lowest BCUT2D eigenvalue weighted by Crippen LogP contribution is -2.39. The maximum atomic E-state index is 9.89. The number of hydrogen-bond acceptors (Lipinski definition) is 4. The van der Waals surface area contributed by atoms with E-state index in [1.807, 2.05) is 11.4 Å². The highest BCUT2D eigenvalue weighted by Gasteiger charge is 2.21. The second-order valence-corrected chi connectivity index (χ2v) is 6.52. The molecule has 1 heterocycles. The first-order valence-electron chi connectivity index (χ1n) is 7.27. The lowest BCUT2D eigenvalue weighted by atomic mass is 10.00. The maximum absolute atomic E-state index is 9.89. The quantitative estimate of drug-likeness (QED) is 0.771. The normalized spacial score (nSPS) is 19.7. The van der Waals surface area contributed by atoms with E-state index >= 15 is 0 Å². The summed E-state index contributed by atoms with van der Waals surface area (Å²) in [6.45, 7) is 3.87. The monoisotopic (exact) mass is 283 g/mol. The van der Waals surface area contributed by atoms with Crippen LogP contribution in [-0.2, 0) is 11.3 Å².